The minimum Gasteiger partial charge on any atom is -0.0984 e. The van der Waals surface area contributed by atoms with Gasteiger partial charge in [-0.2, -0.15) is 0 Å². The summed E-state index contributed by atoms with van der Waals surface area (Å²) < 4.78 is 0. The monoisotopic (exact) mass is 296 g/mol. The van der Waals surface area contributed by atoms with Crippen molar-refractivity contribution in [3.63, 3.8) is 0 Å². The van der Waals surface area contributed by atoms with Crippen molar-refractivity contribution in [3.8, 4) is 11.1 Å². The molecular formula is C23H20. The zero-order valence-electron chi connectivity index (χ0n) is 13.2. The topological polar surface area (TPSA) is 0 Å². The van der Waals surface area contributed by atoms with Crippen molar-refractivity contribution >= 4 is 12.2 Å². The number of hydrogen-bond acceptors (Lipinski definition) is 0. The standard InChI is InChI=1S/C17H14.C6H6/c1-3-12-9-10-16-15-8-6-5-7-13(15)11-17(16)14(12)4-2;1-2-4-6-5-3-1/h3-10H,1-2,11H2;1-6H. The van der Waals surface area contributed by atoms with Crippen molar-refractivity contribution in [2.24, 2.45) is 0 Å². The molecule has 0 heteroatoms. The quantitative estimate of drug-likeness (QED) is 0.411. The average molecular weight is 296 g/mol. The molecule has 0 aliphatic heterocycles. The highest BCUT2D eigenvalue weighted by Gasteiger charge is 2.20. The fraction of sp³-hybridized carbons (Fsp3) is 0.0435. The van der Waals surface area contributed by atoms with E-state index in [1.54, 1.807) is 0 Å². The Morgan fingerprint density at radius 3 is 1.91 bits per heavy atom. The van der Waals surface area contributed by atoms with Gasteiger partial charge in [-0.05, 0) is 39.8 Å². The fourth-order valence-corrected chi connectivity index (χ4v) is 3.06. The smallest absolute Gasteiger partial charge is 0.000729 e. The lowest BCUT2D eigenvalue weighted by Crippen LogP contribution is -1.90. The maximum Gasteiger partial charge on any atom is -0.000729 e. The third kappa shape index (κ3) is 3.02. The highest BCUT2D eigenvalue weighted by molar-refractivity contribution is 5.83. The second-order valence-electron chi connectivity index (χ2n) is 5.49. The maximum absolute atomic E-state index is 3.93. The molecule has 0 N–H and O–H groups in total. The van der Waals surface area contributed by atoms with Gasteiger partial charge in [-0.3, -0.25) is 0 Å². The van der Waals surface area contributed by atoms with Crippen LogP contribution < -0.4 is 0 Å². The second-order valence-corrected chi connectivity index (χ2v) is 5.49. The van der Waals surface area contributed by atoms with Crippen molar-refractivity contribution in [2.45, 2.75) is 6.42 Å². The first kappa shape index (κ1) is 15.1. The number of fused-ring (bicyclic) bond motifs is 3. The molecule has 0 aromatic heterocycles. The van der Waals surface area contributed by atoms with Crippen LogP contribution in [0.5, 0.6) is 0 Å². The molecule has 0 bridgehead atoms. The van der Waals surface area contributed by atoms with E-state index in [1.165, 1.54) is 33.4 Å². The van der Waals surface area contributed by atoms with Crippen LogP contribution >= 0.6 is 0 Å². The lowest BCUT2D eigenvalue weighted by molar-refractivity contribution is 1.25. The van der Waals surface area contributed by atoms with Crippen LogP contribution in [0.15, 0.2) is 86.0 Å². The molecule has 1 aliphatic rings. The van der Waals surface area contributed by atoms with E-state index in [0.29, 0.717) is 0 Å². The summed E-state index contributed by atoms with van der Waals surface area (Å²) >= 11 is 0. The Morgan fingerprint density at radius 1 is 0.652 bits per heavy atom. The number of benzene rings is 3. The third-order valence-electron chi connectivity index (χ3n) is 4.16. The second kappa shape index (κ2) is 6.93. The van der Waals surface area contributed by atoms with E-state index < -0.39 is 0 Å². The molecule has 0 spiro atoms. The summed E-state index contributed by atoms with van der Waals surface area (Å²) in [4.78, 5) is 0. The van der Waals surface area contributed by atoms with Crippen LogP contribution in [0.25, 0.3) is 23.3 Å². The van der Waals surface area contributed by atoms with Gasteiger partial charge in [0.2, 0.25) is 0 Å². The Hall–Kier alpha value is -2.86. The van der Waals surface area contributed by atoms with Gasteiger partial charge in [0.25, 0.3) is 0 Å². The molecule has 0 heterocycles. The van der Waals surface area contributed by atoms with Gasteiger partial charge in [-0.25, -0.2) is 0 Å². The zero-order valence-corrected chi connectivity index (χ0v) is 13.2. The molecule has 112 valence electrons. The van der Waals surface area contributed by atoms with Crippen LogP contribution in [0.2, 0.25) is 0 Å². The Labute approximate surface area is 138 Å². The molecule has 0 unspecified atom stereocenters. The van der Waals surface area contributed by atoms with Crippen molar-refractivity contribution in [3.05, 3.63) is 108 Å². The molecule has 0 saturated heterocycles. The minimum absolute atomic E-state index is 1.01. The van der Waals surface area contributed by atoms with Crippen molar-refractivity contribution < 1.29 is 0 Å². The van der Waals surface area contributed by atoms with Crippen LogP contribution in [0, 0.1) is 0 Å². The normalized spacial score (nSPS) is 10.8. The molecule has 23 heavy (non-hydrogen) atoms. The van der Waals surface area contributed by atoms with E-state index in [-0.39, 0.29) is 0 Å². The molecule has 0 saturated carbocycles. The number of rotatable bonds is 2. The Kier molecular flexibility index (Phi) is 4.54. The SMILES string of the molecule is C=Cc1ccc2c(c1C=C)Cc1ccccc1-2.c1ccccc1. The molecule has 0 atom stereocenters. The molecule has 3 aromatic rings. The highest BCUT2D eigenvalue weighted by Crippen LogP contribution is 2.39. The molecule has 0 radical (unpaired) electrons. The van der Waals surface area contributed by atoms with Crippen molar-refractivity contribution in [1.29, 1.82) is 0 Å². The van der Waals surface area contributed by atoms with Gasteiger partial charge in [0.1, 0.15) is 0 Å². The van der Waals surface area contributed by atoms with Crippen LogP contribution in [-0.4, -0.2) is 0 Å². The Bertz CT molecular complexity index is 799. The van der Waals surface area contributed by atoms with E-state index in [2.05, 4.69) is 49.6 Å². The minimum atomic E-state index is 1.01. The molecule has 0 amide bonds. The summed E-state index contributed by atoms with van der Waals surface area (Å²) in [6.07, 6.45) is 4.86. The summed E-state index contributed by atoms with van der Waals surface area (Å²) in [5, 5.41) is 0. The van der Waals surface area contributed by atoms with E-state index in [4.69, 9.17) is 0 Å². The zero-order chi connectivity index (χ0) is 16.1. The molecule has 1 aliphatic carbocycles. The van der Waals surface area contributed by atoms with Crippen LogP contribution in [0.4, 0.5) is 0 Å². The fourth-order valence-electron chi connectivity index (χ4n) is 3.06. The van der Waals surface area contributed by atoms with Gasteiger partial charge in [0.05, 0.1) is 0 Å². The molecule has 0 fully saturated rings. The molecule has 0 nitrogen and oxygen atoms in total. The molecule has 3 aromatic carbocycles. The van der Waals surface area contributed by atoms with Gasteiger partial charge in [0, 0.05) is 0 Å². The van der Waals surface area contributed by atoms with Gasteiger partial charge >= 0.3 is 0 Å². The summed E-state index contributed by atoms with van der Waals surface area (Å²) in [6, 6.07) is 24.9. The highest BCUT2D eigenvalue weighted by atomic mass is 14.2. The van der Waals surface area contributed by atoms with Crippen LogP contribution in [0.3, 0.4) is 0 Å². The van der Waals surface area contributed by atoms with Gasteiger partial charge in [-0.1, -0.05) is 98.1 Å². The first-order chi connectivity index (χ1) is 11.3. The average Bonchev–Trinajstić information content (AvgIpc) is 3.01. The lowest BCUT2D eigenvalue weighted by Gasteiger charge is -2.08. The van der Waals surface area contributed by atoms with E-state index in [0.717, 1.165) is 6.42 Å². The first-order valence-corrected chi connectivity index (χ1v) is 7.84. The third-order valence-corrected chi connectivity index (χ3v) is 4.16. The summed E-state index contributed by atoms with van der Waals surface area (Å²) in [5.74, 6) is 0. The van der Waals surface area contributed by atoms with Crippen LogP contribution in [0.1, 0.15) is 22.3 Å². The van der Waals surface area contributed by atoms with Gasteiger partial charge in [-0.15, -0.1) is 0 Å². The Morgan fingerprint density at radius 2 is 1.30 bits per heavy atom. The Balaban J connectivity index is 0.000000220. The molecular weight excluding hydrogens is 276 g/mol. The van der Waals surface area contributed by atoms with Crippen LogP contribution in [-0.2, 0) is 6.42 Å². The lowest BCUT2D eigenvalue weighted by atomic mass is 9.96. The summed E-state index contributed by atoms with van der Waals surface area (Å²) in [7, 11) is 0. The largest absolute Gasteiger partial charge is 0.0984 e. The van der Waals surface area contributed by atoms with Gasteiger partial charge in [0.15, 0.2) is 0 Å². The summed E-state index contributed by atoms with van der Waals surface area (Å²) in [5.41, 5.74) is 7.91. The van der Waals surface area contributed by atoms with Gasteiger partial charge < -0.3 is 0 Å². The first-order valence-electron chi connectivity index (χ1n) is 7.84. The summed E-state index contributed by atoms with van der Waals surface area (Å²) in [6.45, 7) is 7.80. The van der Waals surface area contributed by atoms with E-state index in [1.807, 2.05) is 48.6 Å². The van der Waals surface area contributed by atoms with Crippen molar-refractivity contribution in [1.82, 2.24) is 0 Å². The molecule has 4 rings (SSSR count). The van der Waals surface area contributed by atoms with Crippen molar-refractivity contribution in [2.75, 3.05) is 0 Å². The predicted molar refractivity (Wildman–Crippen MR) is 101 cm³/mol. The number of hydrogen-bond donors (Lipinski definition) is 0. The maximum atomic E-state index is 3.93. The van der Waals surface area contributed by atoms with E-state index >= 15 is 0 Å². The van der Waals surface area contributed by atoms with E-state index in [9.17, 15) is 0 Å². The predicted octanol–water partition coefficient (Wildman–Crippen LogP) is 6.23.